The van der Waals surface area contributed by atoms with Gasteiger partial charge in [-0.25, -0.2) is 4.98 Å². The zero-order valence-corrected chi connectivity index (χ0v) is 10.6. The molecule has 0 fully saturated rings. The molecule has 0 radical (unpaired) electrons. The van der Waals surface area contributed by atoms with Crippen molar-refractivity contribution < 1.29 is 9.53 Å². The molecule has 2 rings (SSSR count). The van der Waals surface area contributed by atoms with E-state index in [-0.39, 0.29) is 5.91 Å². The monoisotopic (exact) mass is 245 g/mol. The van der Waals surface area contributed by atoms with Gasteiger partial charge in [0.1, 0.15) is 5.75 Å². The molecule has 0 saturated heterocycles. The molecule has 0 aliphatic rings. The third-order valence-corrected chi connectivity index (χ3v) is 2.64. The fourth-order valence-corrected chi connectivity index (χ4v) is 1.73. The topological polar surface area (TPSA) is 56.1 Å². The fraction of sp³-hybridized carbons (Fsp3) is 0.231. The lowest BCUT2D eigenvalue weighted by molar-refractivity contribution is -0.114. The van der Waals surface area contributed by atoms with Crippen LogP contribution in [0.4, 0.5) is 5.95 Å². The summed E-state index contributed by atoms with van der Waals surface area (Å²) in [6.07, 6.45) is 1.72. The Morgan fingerprint density at radius 2 is 2.22 bits per heavy atom. The van der Waals surface area contributed by atoms with Gasteiger partial charge in [0.05, 0.1) is 19.0 Å². The van der Waals surface area contributed by atoms with Gasteiger partial charge in [0.25, 0.3) is 0 Å². The predicted octanol–water partition coefficient (Wildman–Crippen LogP) is 2.05. The zero-order chi connectivity index (χ0) is 13.1. The van der Waals surface area contributed by atoms with E-state index in [9.17, 15) is 4.79 Å². The van der Waals surface area contributed by atoms with Gasteiger partial charge in [-0.2, -0.15) is 0 Å². The molecular weight excluding hydrogens is 230 g/mol. The van der Waals surface area contributed by atoms with Gasteiger partial charge in [-0.15, -0.1) is 0 Å². The van der Waals surface area contributed by atoms with Crippen LogP contribution in [0.5, 0.6) is 5.75 Å². The molecule has 1 aromatic carbocycles. The Kier molecular flexibility index (Phi) is 3.32. The van der Waals surface area contributed by atoms with Crippen LogP contribution < -0.4 is 10.1 Å². The Morgan fingerprint density at radius 1 is 1.44 bits per heavy atom. The van der Waals surface area contributed by atoms with Gasteiger partial charge >= 0.3 is 0 Å². The molecule has 2 aromatic rings. The van der Waals surface area contributed by atoms with Crippen molar-refractivity contribution in [2.75, 3.05) is 12.4 Å². The zero-order valence-electron chi connectivity index (χ0n) is 10.6. The highest BCUT2D eigenvalue weighted by molar-refractivity contribution is 5.87. The summed E-state index contributed by atoms with van der Waals surface area (Å²) in [5.74, 6) is 1.18. The van der Waals surface area contributed by atoms with Crippen LogP contribution in [0.15, 0.2) is 30.5 Å². The van der Waals surface area contributed by atoms with Crippen LogP contribution in [-0.2, 0) is 11.8 Å². The summed E-state index contributed by atoms with van der Waals surface area (Å²) < 4.78 is 7.02. The number of benzene rings is 1. The number of carbonyl (C=O) groups excluding carboxylic acids is 1. The van der Waals surface area contributed by atoms with Crippen molar-refractivity contribution in [3.05, 3.63) is 30.5 Å². The third-order valence-electron chi connectivity index (χ3n) is 2.64. The number of rotatable bonds is 3. The molecule has 18 heavy (non-hydrogen) atoms. The number of methoxy groups -OCH3 is 1. The Morgan fingerprint density at radius 3 is 2.89 bits per heavy atom. The molecular formula is C13H15N3O2. The van der Waals surface area contributed by atoms with Crippen molar-refractivity contribution in [2.24, 2.45) is 7.05 Å². The number of amides is 1. The van der Waals surface area contributed by atoms with Gasteiger partial charge in [0.2, 0.25) is 11.9 Å². The van der Waals surface area contributed by atoms with Crippen LogP contribution >= 0.6 is 0 Å². The average molecular weight is 245 g/mol. The molecule has 5 heteroatoms. The summed E-state index contributed by atoms with van der Waals surface area (Å²) in [7, 11) is 3.48. The van der Waals surface area contributed by atoms with Crippen molar-refractivity contribution in [1.82, 2.24) is 9.55 Å². The van der Waals surface area contributed by atoms with Gasteiger partial charge in [-0.05, 0) is 12.1 Å². The van der Waals surface area contributed by atoms with E-state index in [0.717, 1.165) is 17.0 Å². The van der Waals surface area contributed by atoms with Crippen LogP contribution in [0.2, 0.25) is 0 Å². The highest BCUT2D eigenvalue weighted by atomic mass is 16.5. The number of nitrogens with zero attached hydrogens (tertiary/aromatic N) is 2. The Balaban J connectivity index is 2.38. The number of aromatic nitrogens is 2. The summed E-state index contributed by atoms with van der Waals surface area (Å²) >= 11 is 0. The second-order valence-corrected chi connectivity index (χ2v) is 3.94. The first-order valence-corrected chi connectivity index (χ1v) is 5.55. The molecule has 0 spiro atoms. The molecule has 0 bridgehead atoms. The molecule has 1 N–H and O–H groups in total. The maximum atomic E-state index is 11.0. The van der Waals surface area contributed by atoms with E-state index in [1.54, 1.807) is 13.3 Å². The first kappa shape index (κ1) is 12.2. The average Bonchev–Trinajstić information content (AvgIpc) is 2.70. The van der Waals surface area contributed by atoms with E-state index in [2.05, 4.69) is 10.3 Å². The number of ether oxygens (including phenoxy) is 1. The van der Waals surface area contributed by atoms with Crippen LogP contribution in [0.25, 0.3) is 11.3 Å². The molecule has 5 nitrogen and oxygen atoms in total. The maximum Gasteiger partial charge on any atom is 0.223 e. The molecule has 0 atom stereocenters. The molecule has 94 valence electrons. The summed E-state index contributed by atoms with van der Waals surface area (Å²) in [6.45, 7) is 1.46. The summed E-state index contributed by atoms with van der Waals surface area (Å²) in [6, 6.07) is 7.69. The molecule has 1 heterocycles. The highest BCUT2D eigenvalue weighted by Crippen LogP contribution is 2.25. The predicted molar refractivity (Wildman–Crippen MR) is 69.5 cm³/mol. The second-order valence-electron chi connectivity index (χ2n) is 3.94. The highest BCUT2D eigenvalue weighted by Gasteiger charge is 2.09. The summed E-state index contributed by atoms with van der Waals surface area (Å²) in [5, 5.41) is 2.67. The Hall–Kier alpha value is -2.30. The molecule has 0 aliphatic carbocycles. The van der Waals surface area contributed by atoms with Crippen molar-refractivity contribution in [3.8, 4) is 17.0 Å². The number of nitrogens with one attached hydrogen (secondary N) is 1. The van der Waals surface area contributed by atoms with Gasteiger partial charge < -0.3 is 9.30 Å². The van der Waals surface area contributed by atoms with E-state index in [1.807, 2.05) is 35.9 Å². The minimum absolute atomic E-state index is 0.138. The molecule has 0 aliphatic heterocycles. The van der Waals surface area contributed by atoms with E-state index in [0.29, 0.717) is 5.95 Å². The van der Waals surface area contributed by atoms with Crippen molar-refractivity contribution >= 4 is 11.9 Å². The number of hydrogen-bond acceptors (Lipinski definition) is 3. The Labute approximate surface area is 105 Å². The molecule has 1 amide bonds. The minimum Gasteiger partial charge on any atom is -0.497 e. The number of carbonyl (C=O) groups is 1. The van der Waals surface area contributed by atoms with E-state index < -0.39 is 0 Å². The van der Waals surface area contributed by atoms with Gasteiger partial charge in [-0.3, -0.25) is 10.1 Å². The SMILES string of the molecule is COc1cccc(-c2cnc(NC(C)=O)n2C)c1. The largest absolute Gasteiger partial charge is 0.497 e. The molecule has 0 saturated carbocycles. The standard InChI is InChI=1S/C13H15N3O2/c1-9(17)15-13-14-8-12(16(13)2)10-5-4-6-11(7-10)18-3/h4-8H,1-3H3,(H,14,15,17). The van der Waals surface area contributed by atoms with Crippen molar-refractivity contribution in [1.29, 1.82) is 0 Å². The van der Waals surface area contributed by atoms with Gasteiger partial charge in [0, 0.05) is 19.5 Å². The molecule has 0 unspecified atom stereocenters. The summed E-state index contributed by atoms with van der Waals surface area (Å²) in [4.78, 5) is 15.2. The smallest absolute Gasteiger partial charge is 0.223 e. The lowest BCUT2D eigenvalue weighted by Crippen LogP contribution is -2.10. The van der Waals surface area contributed by atoms with Gasteiger partial charge in [0.15, 0.2) is 0 Å². The van der Waals surface area contributed by atoms with Crippen LogP contribution in [0, 0.1) is 0 Å². The number of hydrogen-bond donors (Lipinski definition) is 1. The fourth-order valence-electron chi connectivity index (χ4n) is 1.73. The normalized spacial score (nSPS) is 10.2. The van der Waals surface area contributed by atoms with Crippen LogP contribution in [0.1, 0.15) is 6.92 Å². The van der Waals surface area contributed by atoms with Gasteiger partial charge in [-0.1, -0.05) is 12.1 Å². The summed E-state index contributed by atoms with van der Waals surface area (Å²) in [5.41, 5.74) is 1.90. The van der Waals surface area contributed by atoms with E-state index in [1.165, 1.54) is 6.92 Å². The van der Waals surface area contributed by atoms with E-state index in [4.69, 9.17) is 4.74 Å². The van der Waals surface area contributed by atoms with Crippen molar-refractivity contribution in [3.63, 3.8) is 0 Å². The lowest BCUT2D eigenvalue weighted by Gasteiger charge is -2.07. The number of imidazole rings is 1. The Bertz CT molecular complexity index is 575. The quantitative estimate of drug-likeness (QED) is 0.900. The molecule has 1 aromatic heterocycles. The third kappa shape index (κ3) is 2.34. The van der Waals surface area contributed by atoms with Crippen LogP contribution in [-0.4, -0.2) is 22.6 Å². The number of anilines is 1. The van der Waals surface area contributed by atoms with Crippen LogP contribution in [0.3, 0.4) is 0 Å². The van der Waals surface area contributed by atoms with E-state index >= 15 is 0 Å². The first-order valence-electron chi connectivity index (χ1n) is 5.55. The lowest BCUT2D eigenvalue weighted by atomic mass is 10.1. The van der Waals surface area contributed by atoms with Crippen molar-refractivity contribution in [2.45, 2.75) is 6.92 Å². The minimum atomic E-state index is -0.138. The second kappa shape index (κ2) is 4.91. The first-order chi connectivity index (χ1) is 8.61. The maximum absolute atomic E-state index is 11.0.